The fraction of sp³-hybridized carbons (Fsp3) is 0.417. The second-order valence-corrected chi connectivity index (χ2v) is 8.36. The van der Waals surface area contributed by atoms with E-state index in [-0.39, 0.29) is 35.3 Å². The van der Waals surface area contributed by atoms with Crippen LogP contribution in [0, 0.1) is 0 Å². The lowest BCUT2D eigenvalue weighted by atomic mass is 9.88. The summed E-state index contributed by atoms with van der Waals surface area (Å²) in [7, 11) is 1.33. The van der Waals surface area contributed by atoms with E-state index in [0.717, 1.165) is 17.7 Å². The van der Waals surface area contributed by atoms with Crippen LogP contribution in [0.5, 0.6) is 11.5 Å². The lowest BCUT2D eigenvalue weighted by Crippen LogP contribution is -2.31. The van der Waals surface area contributed by atoms with Gasteiger partial charge in [0.25, 0.3) is 0 Å². The predicted octanol–water partition coefficient (Wildman–Crippen LogP) is 4.01. The van der Waals surface area contributed by atoms with Gasteiger partial charge in [-0.25, -0.2) is 0 Å². The quantitative estimate of drug-likeness (QED) is 0.472. The van der Waals surface area contributed by atoms with Crippen molar-refractivity contribution < 1.29 is 38.5 Å². The van der Waals surface area contributed by atoms with E-state index in [2.05, 4.69) is 0 Å². The molecule has 32 heavy (non-hydrogen) atoms. The molecule has 0 fully saturated rings. The topological polar surface area (TPSA) is 116 Å². The molecule has 1 aliphatic carbocycles. The van der Waals surface area contributed by atoms with Crippen molar-refractivity contribution in [3.05, 3.63) is 46.6 Å². The number of rotatable bonds is 8. The summed E-state index contributed by atoms with van der Waals surface area (Å²) in [5, 5.41) is 10.5. The van der Waals surface area contributed by atoms with E-state index in [0.29, 0.717) is 0 Å². The van der Waals surface area contributed by atoms with E-state index in [4.69, 9.17) is 14.2 Å². The Morgan fingerprint density at radius 2 is 1.69 bits per heavy atom. The minimum absolute atomic E-state index is 0.0553. The average molecular weight is 444 g/mol. The molecule has 0 saturated heterocycles. The molecule has 172 valence electrons. The molecule has 0 saturated carbocycles. The first kappa shape index (κ1) is 24.8. The van der Waals surface area contributed by atoms with Crippen molar-refractivity contribution in [1.29, 1.82) is 0 Å². The third-order valence-corrected chi connectivity index (χ3v) is 4.72. The Hall–Kier alpha value is -3.42. The highest BCUT2D eigenvalue weighted by atomic mass is 16.6. The minimum atomic E-state index is -1.08. The number of phenols is 1. The van der Waals surface area contributed by atoms with Crippen LogP contribution in [0.25, 0.3) is 0 Å². The zero-order chi connectivity index (χ0) is 24.2. The van der Waals surface area contributed by atoms with Crippen LogP contribution in [0.2, 0.25) is 0 Å². The van der Waals surface area contributed by atoms with Crippen molar-refractivity contribution in [1.82, 2.24) is 0 Å². The summed E-state index contributed by atoms with van der Waals surface area (Å²) in [5.41, 5.74) is -0.105. The van der Waals surface area contributed by atoms with Crippen molar-refractivity contribution >= 4 is 23.5 Å². The maximum absolute atomic E-state index is 12.7. The van der Waals surface area contributed by atoms with Gasteiger partial charge in [-0.05, 0) is 45.9 Å². The lowest BCUT2D eigenvalue weighted by molar-refractivity contribution is -0.163. The number of carbonyl (C=O) groups is 4. The van der Waals surface area contributed by atoms with E-state index < -0.39 is 41.0 Å². The van der Waals surface area contributed by atoms with Crippen LogP contribution < -0.4 is 4.74 Å². The van der Waals surface area contributed by atoms with Crippen molar-refractivity contribution in [2.24, 2.45) is 0 Å². The van der Waals surface area contributed by atoms with Gasteiger partial charge in [0.15, 0.2) is 11.6 Å². The lowest BCUT2D eigenvalue weighted by Gasteiger charge is -2.26. The summed E-state index contributed by atoms with van der Waals surface area (Å²) in [6.45, 7) is 8.16. The highest BCUT2D eigenvalue weighted by Gasteiger charge is 2.33. The van der Waals surface area contributed by atoms with E-state index in [1.54, 1.807) is 13.8 Å². The molecule has 0 aliphatic heterocycles. The second-order valence-electron chi connectivity index (χ2n) is 8.36. The van der Waals surface area contributed by atoms with Crippen LogP contribution in [0.3, 0.4) is 0 Å². The van der Waals surface area contributed by atoms with Crippen molar-refractivity contribution in [3.8, 4) is 11.5 Å². The van der Waals surface area contributed by atoms with Crippen LogP contribution in [0.1, 0.15) is 79.8 Å². The number of hydrogen-bond donors (Lipinski definition) is 1. The summed E-state index contributed by atoms with van der Waals surface area (Å²) in [6.07, 6.45) is 3.12. The number of hydrogen-bond acceptors (Lipinski definition) is 8. The van der Waals surface area contributed by atoms with Gasteiger partial charge < -0.3 is 19.3 Å². The third kappa shape index (κ3) is 5.84. The smallest absolute Gasteiger partial charge is 0.310 e. The highest BCUT2D eigenvalue weighted by Crippen LogP contribution is 2.42. The number of phenolic OH excluding ortho intramolecular Hbond substituents is 1. The first-order chi connectivity index (χ1) is 14.9. The molecule has 0 aromatic heterocycles. The highest BCUT2D eigenvalue weighted by molar-refractivity contribution is 6.24. The van der Waals surface area contributed by atoms with E-state index in [1.807, 2.05) is 19.9 Å². The Balaban J connectivity index is 2.51. The molecule has 1 aromatic rings. The molecule has 0 radical (unpaired) electrons. The van der Waals surface area contributed by atoms with Crippen LogP contribution in [-0.2, 0) is 19.1 Å². The van der Waals surface area contributed by atoms with Gasteiger partial charge in [-0.1, -0.05) is 11.6 Å². The Bertz CT molecular complexity index is 1010. The van der Waals surface area contributed by atoms with Gasteiger partial charge in [-0.3, -0.25) is 19.2 Å². The molecule has 8 heteroatoms. The Labute approximate surface area is 186 Å². The second kappa shape index (κ2) is 9.80. The van der Waals surface area contributed by atoms with Crippen molar-refractivity contribution in [2.45, 2.75) is 59.2 Å². The molecular weight excluding hydrogens is 416 g/mol. The van der Waals surface area contributed by atoms with Gasteiger partial charge in [-0.2, -0.15) is 0 Å². The van der Waals surface area contributed by atoms with Gasteiger partial charge in [0.05, 0.1) is 24.7 Å². The van der Waals surface area contributed by atoms with Gasteiger partial charge in [-0.15, -0.1) is 0 Å². The van der Waals surface area contributed by atoms with Crippen LogP contribution >= 0.6 is 0 Å². The molecule has 1 aromatic carbocycles. The first-order valence-corrected chi connectivity index (χ1v) is 10.1. The first-order valence-electron chi connectivity index (χ1n) is 10.1. The Kier molecular flexibility index (Phi) is 7.61. The SMILES string of the molecule is COc1c([C@@H](CC=C(C)C)OC(=O)CC(C)(C)OC(C)=O)cc(O)c2c1C(=O)C=CC2=O. The molecule has 1 aliphatic rings. The average Bonchev–Trinajstić information content (AvgIpc) is 2.65. The number of allylic oxidation sites excluding steroid dienone is 3. The number of ketones is 2. The molecule has 0 heterocycles. The zero-order valence-corrected chi connectivity index (χ0v) is 19.1. The van der Waals surface area contributed by atoms with Crippen LogP contribution in [0.4, 0.5) is 0 Å². The Morgan fingerprint density at radius 1 is 1.09 bits per heavy atom. The molecule has 2 rings (SSSR count). The number of carbonyl (C=O) groups excluding carboxylic acids is 4. The molecule has 1 atom stereocenters. The summed E-state index contributed by atoms with van der Waals surface area (Å²) in [4.78, 5) is 48.7. The largest absolute Gasteiger partial charge is 0.507 e. The van der Waals surface area contributed by atoms with Gasteiger partial charge in [0.2, 0.25) is 0 Å². The summed E-state index contributed by atoms with van der Waals surface area (Å²) in [5.74, 6) is -2.55. The number of methoxy groups -OCH3 is 1. The maximum atomic E-state index is 12.7. The number of ether oxygens (including phenoxy) is 3. The number of esters is 2. The Morgan fingerprint density at radius 3 is 2.22 bits per heavy atom. The van der Waals surface area contributed by atoms with Crippen molar-refractivity contribution in [3.63, 3.8) is 0 Å². The summed E-state index contributed by atoms with van der Waals surface area (Å²) < 4.78 is 16.3. The molecule has 0 amide bonds. The van der Waals surface area contributed by atoms with E-state index >= 15 is 0 Å². The zero-order valence-electron chi connectivity index (χ0n) is 19.1. The van der Waals surface area contributed by atoms with Crippen LogP contribution in [-0.4, -0.2) is 41.3 Å². The van der Waals surface area contributed by atoms with Crippen molar-refractivity contribution in [2.75, 3.05) is 7.11 Å². The van der Waals surface area contributed by atoms with Gasteiger partial charge in [0, 0.05) is 18.9 Å². The van der Waals surface area contributed by atoms with Gasteiger partial charge in [0.1, 0.15) is 23.2 Å². The molecular formula is C24H28O8. The fourth-order valence-corrected chi connectivity index (χ4v) is 3.49. The molecule has 8 nitrogen and oxygen atoms in total. The van der Waals surface area contributed by atoms with E-state index in [1.165, 1.54) is 20.1 Å². The van der Waals surface area contributed by atoms with Gasteiger partial charge >= 0.3 is 11.9 Å². The fourth-order valence-electron chi connectivity index (χ4n) is 3.49. The maximum Gasteiger partial charge on any atom is 0.310 e. The number of aromatic hydroxyl groups is 1. The summed E-state index contributed by atoms with van der Waals surface area (Å²) >= 11 is 0. The van der Waals surface area contributed by atoms with Crippen LogP contribution in [0.15, 0.2) is 29.9 Å². The van der Waals surface area contributed by atoms with E-state index in [9.17, 15) is 24.3 Å². The number of benzene rings is 1. The molecule has 0 spiro atoms. The molecule has 0 bridgehead atoms. The molecule has 1 N–H and O–H groups in total. The predicted molar refractivity (Wildman–Crippen MR) is 116 cm³/mol. The third-order valence-electron chi connectivity index (χ3n) is 4.72. The minimum Gasteiger partial charge on any atom is -0.507 e. The standard InChI is InChI=1S/C24H28O8/c1-13(2)7-10-19(31-20(29)12-24(4,5)32-14(3)25)15-11-18(28)21-16(26)8-9-17(27)22(21)23(15)30-6/h7-9,11,19,28H,10,12H2,1-6H3/t19-/m1/s1. The number of fused-ring (bicyclic) bond motifs is 1. The molecule has 0 unspecified atom stereocenters. The monoisotopic (exact) mass is 444 g/mol. The summed E-state index contributed by atoms with van der Waals surface area (Å²) in [6, 6.07) is 1.27. The normalized spacial score (nSPS) is 13.8.